The molecule has 0 radical (unpaired) electrons. The van der Waals surface area contributed by atoms with Crippen LogP contribution >= 0.6 is 0 Å². The molecular weight excluding hydrogens is 484 g/mol. The van der Waals surface area contributed by atoms with Gasteiger partial charge in [0.05, 0.1) is 24.3 Å². The summed E-state index contributed by atoms with van der Waals surface area (Å²) in [5.74, 6) is 2.78. The molecule has 0 aliphatic carbocycles. The Morgan fingerprint density at radius 3 is 2.66 bits per heavy atom. The van der Waals surface area contributed by atoms with Gasteiger partial charge in [0.15, 0.2) is 5.82 Å². The molecule has 1 unspecified atom stereocenters. The van der Waals surface area contributed by atoms with Crippen LogP contribution in [0.1, 0.15) is 33.6 Å². The molecule has 2 aromatic heterocycles. The van der Waals surface area contributed by atoms with E-state index in [2.05, 4.69) is 20.2 Å². The Hall–Kier alpha value is -3.66. The molecule has 0 saturated carbocycles. The van der Waals surface area contributed by atoms with Crippen molar-refractivity contribution in [2.75, 3.05) is 49.7 Å². The topological polar surface area (TPSA) is 102 Å². The lowest BCUT2D eigenvalue weighted by molar-refractivity contribution is -0.0562. The van der Waals surface area contributed by atoms with Crippen LogP contribution in [0.2, 0.25) is 0 Å². The van der Waals surface area contributed by atoms with Gasteiger partial charge in [-0.2, -0.15) is 0 Å². The van der Waals surface area contributed by atoms with E-state index in [1.54, 1.807) is 6.33 Å². The molecular formula is C28H34N6O4. The first-order chi connectivity index (χ1) is 18.3. The number of hydrogen-bond acceptors (Lipinski definition) is 9. The normalized spacial score (nSPS) is 20.2. The van der Waals surface area contributed by atoms with Crippen molar-refractivity contribution in [2.24, 2.45) is 5.92 Å². The maximum Gasteiger partial charge on any atom is 0.410 e. The van der Waals surface area contributed by atoms with Gasteiger partial charge >= 0.3 is 6.09 Å². The summed E-state index contributed by atoms with van der Waals surface area (Å²) in [6, 6.07) is 11.8. The van der Waals surface area contributed by atoms with Crippen molar-refractivity contribution in [2.45, 2.75) is 44.8 Å². The zero-order valence-electron chi connectivity index (χ0n) is 22.1. The number of nitrogens with zero attached hydrogens (tertiary/aromatic N) is 5. The molecule has 1 atom stereocenters. The van der Waals surface area contributed by atoms with Crippen LogP contribution in [0.25, 0.3) is 11.0 Å². The van der Waals surface area contributed by atoms with Gasteiger partial charge in [-0.25, -0.2) is 19.7 Å². The second-order valence-corrected chi connectivity index (χ2v) is 11.4. The summed E-state index contributed by atoms with van der Waals surface area (Å²) in [7, 11) is 0. The highest BCUT2D eigenvalue weighted by atomic mass is 16.6. The third kappa shape index (κ3) is 4.92. The number of rotatable bonds is 6. The maximum absolute atomic E-state index is 12.6. The first-order valence-corrected chi connectivity index (χ1v) is 13.2. The molecule has 0 bridgehead atoms. The average molecular weight is 519 g/mol. The molecule has 3 aromatic rings. The quantitative estimate of drug-likeness (QED) is 0.509. The minimum Gasteiger partial charge on any atom is -0.493 e. The molecule has 3 saturated heterocycles. The summed E-state index contributed by atoms with van der Waals surface area (Å²) in [5.41, 5.74) is 1.68. The van der Waals surface area contributed by atoms with Crippen molar-refractivity contribution < 1.29 is 19.0 Å². The van der Waals surface area contributed by atoms with E-state index in [0.29, 0.717) is 23.9 Å². The van der Waals surface area contributed by atoms with E-state index >= 15 is 0 Å². The third-order valence-corrected chi connectivity index (χ3v) is 7.38. The van der Waals surface area contributed by atoms with Crippen molar-refractivity contribution in [1.29, 1.82) is 0 Å². The number of aromatic nitrogens is 3. The third-order valence-electron chi connectivity index (χ3n) is 7.38. The zero-order valence-corrected chi connectivity index (χ0v) is 22.1. The second-order valence-electron chi connectivity index (χ2n) is 11.4. The molecule has 1 aromatic carbocycles. The molecule has 38 heavy (non-hydrogen) atoms. The van der Waals surface area contributed by atoms with E-state index in [0.717, 1.165) is 68.5 Å². The van der Waals surface area contributed by atoms with E-state index in [-0.39, 0.29) is 11.6 Å². The highest BCUT2D eigenvalue weighted by molar-refractivity contribution is 5.88. The van der Waals surface area contributed by atoms with Crippen molar-refractivity contribution in [3.8, 4) is 5.75 Å². The molecule has 200 valence electrons. The number of benzene rings is 1. The van der Waals surface area contributed by atoms with Crippen LogP contribution in [0.4, 0.5) is 22.1 Å². The van der Waals surface area contributed by atoms with Crippen LogP contribution in [0.3, 0.4) is 0 Å². The van der Waals surface area contributed by atoms with Gasteiger partial charge in [0.2, 0.25) is 0 Å². The Bertz CT molecular complexity index is 1310. The summed E-state index contributed by atoms with van der Waals surface area (Å²) >= 11 is 0. The Balaban J connectivity index is 1.12. The van der Waals surface area contributed by atoms with E-state index in [9.17, 15) is 4.79 Å². The number of ether oxygens (including phenoxy) is 3. The van der Waals surface area contributed by atoms with Crippen LogP contribution in [-0.2, 0) is 9.47 Å². The molecule has 3 aliphatic rings. The molecule has 5 heterocycles. The van der Waals surface area contributed by atoms with Gasteiger partial charge < -0.3 is 24.4 Å². The molecule has 3 fully saturated rings. The minimum absolute atomic E-state index is 0.165. The van der Waals surface area contributed by atoms with Crippen LogP contribution in [0.5, 0.6) is 5.75 Å². The molecule has 10 heteroatoms. The van der Waals surface area contributed by atoms with Gasteiger partial charge in [0.25, 0.3) is 0 Å². The van der Waals surface area contributed by atoms with E-state index in [1.807, 2.05) is 62.1 Å². The number of likely N-dealkylation sites (tertiary alicyclic amines) is 1. The standard InChI is InChI=1S/C28H34N6O4/c1-27(2,3)38-26(35)34-12-11-28(34)16-33(17-28)23-9-8-22-24(32-23)25(30-18-29-22)31-20-4-6-21(7-5-20)37-15-19-10-13-36-14-19/h4-9,18-19H,10-17H2,1-3H3,(H,29,30,31). The minimum atomic E-state index is -0.501. The fourth-order valence-electron chi connectivity index (χ4n) is 5.19. The number of nitrogens with one attached hydrogen (secondary N) is 1. The molecule has 3 aliphatic heterocycles. The van der Waals surface area contributed by atoms with E-state index in [1.165, 1.54) is 0 Å². The Morgan fingerprint density at radius 1 is 1.16 bits per heavy atom. The van der Waals surface area contributed by atoms with Gasteiger partial charge in [0.1, 0.15) is 29.0 Å². The fourth-order valence-corrected chi connectivity index (χ4v) is 5.19. The molecule has 1 spiro atoms. The first-order valence-electron chi connectivity index (χ1n) is 13.2. The summed E-state index contributed by atoms with van der Waals surface area (Å²) in [5, 5.41) is 3.38. The second kappa shape index (κ2) is 9.58. The largest absolute Gasteiger partial charge is 0.493 e. The summed E-state index contributed by atoms with van der Waals surface area (Å²) in [6.45, 7) is 10.1. The number of carbonyl (C=O) groups is 1. The first kappa shape index (κ1) is 24.7. The molecule has 6 rings (SSSR count). The smallest absolute Gasteiger partial charge is 0.410 e. The lowest BCUT2D eigenvalue weighted by atomic mass is 9.78. The van der Waals surface area contributed by atoms with Crippen LogP contribution in [0, 0.1) is 5.92 Å². The van der Waals surface area contributed by atoms with Crippen LogP contribution < -0.4 is 15.0 Å². The molecule has 1 amide bonds. The maximum atomic E-state index is 12.6. The van der Waals surface area contributed by atoms with E-state index in [4.69, 9.17) is 19.2 Å². The van der Waals surface area contributed by atoms with Crippen molar-refractivity contribution in [1.82, 2.24) is 19.9 Å². The highest BCUT2D eigenvalue weighted by Gasteiger charge is 2.56. The van der Waals surface area contributed by atoms with Crippen molar-refractivity contribution in [3.63, 3.8) is 0 Å². The number of carbonyl (C=O) groups excluding carboxylic acids is 1. The van der Waals surface area contributed by atoms with Gasteiger partial charge in [-0.15, -0.1) is 0 Å². The van der Waals surface area contributed by atoms with Gasteiger partial charge in [-0.1, -0.05) is 0 Å². The lowest BCUT2D eigenvalue weighted by Crippen LogP contribution is -2.78. The number of hydrogen-bond donors (Lipinski definition) is 1. The number of anilines is 3. The Morgan fingerprint density at radius 2 is 1.97 bits per heavy atom. The summed E-state index contributed by atoms with van der Waals surface area (Å²) in [6.07, 6.45) is 3.33. The molecule has 10 nitrogen and oxygen atoms in total. The Labute approximate surface area is 222 Å². The predicted octanol–water partition coefficient (Wildman–Crippen LogP) is 4.38. The number of amides is 1. The van der Waals surface area contributed by atoms with Crippen LogP contribution in [-0.4, -0.2) is 76.5 Å². The Kier molecular flexibility index (Phi) is 6.22. The predicted molar refractivity (Wildman–Crippen MR) is 144 cm³/mol. The highest BCUT2D eigenvalue weighted by Crippen LogP contribution is 2.42. The summed E-state index contributed by atoms with van der Waals surface area (Å²) in [4.78, 5) is 30.5. The van der Waals surface area contributed by atoms with Gasteiger partial charge in [-0.05, 0) is 70.0 Å². The van der Waals surface area contributed by atoms with Crippen LogP contribution in [0.15, 0.2) is 42.7 Å². The van der Waals surface area contributed by atoms with Gasteiger partial charge in [0, 0.05) is 37.8 Å². The summed E-state index contributed by atoms with van der Waals surface area (Å²) < 4.78 is 16.9. The van der Waals surface area contributed by atoms with Gasteiger partial charge in [-0.3, -0.25) is 4.90 Å². The molecule has 1 N–H and O–H groups in total. The monoisotopic (exact) mass is 518 g/mol. The average Bonchev–Trinajstić information content (AvgIpc) is 3.35. The lowest BCUT2D eigenvalue weighted by Gasteiger charge is -2.62. The zero-order chi connectivity index (χ0) is 26.3. The van der Waals surface area contributed by atoms with Crippen molar-refractivity contribution >= 4 is 34.4 Å². The van der Waals surface area contributed by atoms with Crippen molar-refractivity contribution in [3.05, 3.63) is 42.7 Å². The number of pyridine rings is 1. The SMILES string of the molecule is CC(C)(C)OC(=O)N1CCC12CN(c1ccc3ncnc(Nc4ccc(OCC5CCOC5)cc4)c3n1)C2. The van der Waals surface area contributed by atoms with E-state index < -0.39 is 5.60 Å². The fraction of sp³-hybridized carbons (Fsp3) is 0.500. The number of fused-ring (bicyclic) bond motifs is 1.